The summed E-state index contributed by atoms with van der Waals surface area (Å²) < 4.78 is 38.4. The molecular formula is C28H31F2N3O4. The molecule has 1 aliphatic heterocycles. The number of carboxylic acids is 1. The first-order valence-corrected chi connectivity index (χ1v) is 12.7. The minimum absolute atomic E-state index is 0.0697. The van der Waals surface area contributed by atoms with Gasteiger partial charge in [-0.15, -0.1) is 0 Å². The fourth-order valence-electron chi connectivity index (χ4n) is 5.85. The average Bonchev–Trinajstić information content (AvgIpc) is 3.32. The number of hydrogen-bond acceptors (Lipinski definition) is 4. The number of rotatable bonds is 5. The first kappa shape index (κ1) is 25.2. The van der Waals surface area contributed by atoms with E-state index in [0.29, 0.717) is 62.1 Å². The minimum atomic E-state index is -3.17. The van der Waals surface area contributed by atoms with Crippen molar-refractivity contribution in [2.24, 2.45) is 5.92 Å². The molecule has 1 aromatic heterocycles. The second-order valence-corrected chi connectivity index (χ2v) is 10.1. The molecule has 2 aliphatic rings. The standard InChI is InChI=1S/C28H31F2N3O4/c1-17(28(29,30)21-6-4-3-5-7-21)33-23-13-12-18-14-15-32(27(36)37-2)16-22(18)24(23)31-25(33)19-8-10-20(11-9-19)26(34)35/h3-7,12-13,17,19-20H,8-11,14-16H2,1-2H3,(H,34,35)/t17-,19?,20?/m0/s1. The van der Waals surface area contributed by atoms with Crippen LogP contribution in [0.5, 0.6) is 0 Å². The number of hydrogen-bond donors (Lipinski definition) is 1. The van der Waals surface area contributed by atoms with Gasteiger partial charge in [-0.2, -0.15) is 8.78 Å². The molecule has 2 heterocycles. The van der Waals surface area contributed by atoms with Crippen molar-refractivity contribution in [3.63, 3.8) is 0 Å². The molecule has 0 radical (unpaired) electrons. The van der Waals surface area contributed by atoms with Gasteiger partial charge in [0.15, 0.2) is 0 Å². The number of nitrogens with zero attached hydrogens (tertiary/aromatic N) is 3. The number of carbonyl (C=O) groups excluding carboxylic acids is 1. The molecule has 5 rings (SSSR count). The van der Waals surface area contributed by atoms with Crippen LogP contribution in [0.2, 0.25) is 0 Å². The molecule has 2 aromatic carbocycles. The summed E-state index contributed by atoms with van der Waals surface area (Å²) in [6.07, 6.45) is 2.31. The Balaban J connectivity index is 1.63. The van der Waals surface area contributed by atoms with Crippen molar-refractivity contribution in [1.82, 2.24) is 14.5 Å². The van der Waals surface area contributed by atoms with Crippen LogP contribution in [0.1, 0.15) is 67.1 Å². The number of amides is 1. The number of carboxylic acid groups (broad SMARTS) is 1. The van der Waals surface area contributed by atoms with Gasteiger partial charge in [0.1, 0.15) is 11.9 Å². The molecule has 9 heteroatoms. The molecule has 1 atom stereocenters. The first-order valence-electron chi connectivity index (χ1n) is 12.7. The van der Waals surface area contributed by atoms with Gasteiger partial charge in [0.05, 0.1) is 30.6 Å². The van der Waals surface area contributed by atoms with Crippen LogP contribution in [0.3, 0.4) is 0 Å². The topological polar surface area (TPSA) is 84.7 Å². The third-order valence-electron chi connectivity index (χ3n) is 8.04. The Morgan fingerprint density at radius 3 is 2.46 bits per heavy atom. The normalized spacial score (nSPS) is 20.9. The van der Waals surface area contributed by atoms with Crippen LogP contribution in [0.15, 0.2) is 42.5 Å². The molecule has 0 bridgehead atoms. The lowest BCUT2D eigenvalue weighted by atomic mass is 9.81. The molecule has 1 N–H and O–H groups in total. The van der Waals surface area contributed by atoms with Gasteiger partial charge in [0.2, 0.25) is 0 Å². The Hall–Kier alpha value is -3.49. The second kappa shape index (κ2) is 9.76. The van der Waals surface area contributed by atoms with Crippen molar-refractivity contribution in [3.05, 3.63) is 65.0 Å². The molecular weight excluding hydrogens is 480 g/mol. The van der Waals surface area contributed by atoms with E-state index < -0.39 is 29.9 Å². The molecule has 3 aromatic rings. The molecule has 1 saturated carbocycles. The number of ether oxygens (including phenoxy) is 1. The van der Waals surface area contributed by atoms with E-state index in [0.717, 1.165) is 11.1 Å². The largest absolute Gasteiger partial charge is 0.481 e. The van der Waals surface area contributed by atoms with Crippen molar-refractivity contribution in [2.75, 3.05) is 13.7 Å². The summed E-state index contributed by atoms with van der Waals surface area (Å²) in [6.45, 7) is 2.33. The summed E-state index contributed by atoms with van der Waals surface area (Å²) in [6, 6.07) is 10.4. The zero-order valence-electron chi connectivity index (χ0n) is 21.0. The monoisotopic (exact) mass is 511 g/mol. The van der Waals surface area contributed by atoms with Crippen LogP contribution in [0.25, 0.3) is 11.0 Å². The van der Waals surface area contributed by atoms with E-state index in [2.05, 4.69) is 0 Å². The van der Waals surface area contributed by atoms with Crippen molar-refractivity contribution < 1.29 is 28.2 Å². The Labute approximate surface area is 214 Å². The molecule has 0 unspecified atom stereocenters. The van der Waals surface area contributed by atoms with Crippen LogP contribution >= 0.6 is 0 Å². The number of aliphatic carboxylic acids is 1. The van der Waals surface area contributed by atoms with Gasteiger partial charge in [0, 0.05) is 23.6 Å². The number of alkyl halides is 2. The SMILES string of the molecule is COC(=O)N1CCc2ccc3c(nc(C4CCC(C(=O)O)CC4)n3[C@@H](C)C(F)(F)c3ccccc3)c2C1. The highest BCUT2D eigenvalue weighted by atomic mass is 19.3. The summed E-state index contributed by atoms with van der Waals surface area (Å²) in [5.74, 6) is -3.97. The molecule has 37 heavy (non-hydrogen) atoms. The van der Waals surface area contributed by atoms with Gasteiger partial charge in [-0.1, -0.05) is 36.4 Å². The van der Waals surface area contributed by atoms with Crippen LogP contribution in [-0.2, 0) is 28.4 Å². The second-order valence-electron chi connectivity index (χ2n) is 10.1. The molecule has 1 aliphatic carbocycles. The van der Waals surface area contributed by atoms with E-state index >= 15 is 8.78 Å². The number of carbonyl (C=O) groups is 2. The Kier molecular flexibility index (Phi) is 6.64. The minimum Gasteiger partial charge on any atom is -0.481 e. The van der Waals surface area contributed by atoms with Crippen LogP contribution in [0.4, 0.5) is 13.6 Å². The van der Waals surface area contributed by atoms with Crippen LogP contribution < -0.4 is 0 Å². The highest BCUT2D eigenvalue weighted by Crippen LogP contribution is 2.45. The van der Waals surface area contributed by atoms with Gasteiger partial charge in [-0.05, 0) is 50.7 Å². The maximum absolute atomic E-state index is 15.9. The Morgan fingerprint density at radius 2 is 1.81 bits per heavy atom. The number of aromatic nitrogens is 2. The molecule has 0 spiro atoms. The Bertz CT molecular complexity index is 1320. The lowest BCUT2D eigenvalue weighted by molar-refractivity contribution is -0.142. The van der Waals surface area contributed by atoms with Crippen molar-refractivity contribution in [1.29, 1.82) is 0 Å². The third kappa shape index (κ3) is 4.45. The highest BCUT2D eigenvalue weighted by molar-refractivity contribution is 5.82. The lowest BCUT2D eigenvalue weighted by Crippen LogP contribution is -2.36. The van der Waals surface area contributed by atoms with Gasteiger partial charge in [0.25, 0.3) is 5.92 Å². The van der Waals surface area contributed by atoms with Gasteiger partial charge >= 0.3 is 12.1 Å². The van der Waals surface area contributed by atoms with Crippen LogP contribution in [-0.4, -0.2) is 45.3 Å². The molecule has 1 fully saturated rings. The summed E-state index contributed by atoms with van der Waals surface area (Å²) in [5.41, 5.74) is 3.05. The predicted octanol–water partition coefficient (Wildman–Crippen LogP) is 5.87. The van der Waals surface area contributed by atoms with E-state index in [9.17, 15) is 14.7 Å². The fraction of sp³-hybridized carbons (Fsp3) is 0.464. The summed E-state index contributed by atoms with van der Waals surface area (Å²) in [4.78, 5) is 30.3. The highest BCUT2D eigenvalue weighted by Gasteiger charge is 2.43. The average molecular weight is 512 g/mol. The number of fused-ring (bicyclic) bond motifs is 3. The zero-order chi connectivity index (χ0) is 26.3. The summed E-state index contributed by atoms with van der Waals surface area (Å²) in [7, 11) is 1.34. The zero-order valence-corrected chi connectivity index (χ0v) is 21.0. The van der Waals surface area contributed by atoms with Crippen molar-refractivity contribution >= 4 is 23.1 Å². The smallest absolute Gasteiger partial charge is 0.409 e. The number of halogens is 2. The van der Waals surface area contributed by atoms with Gasteiger partial charge in [-0.3, -0.25) is 4.79 Å². The predicted molar refractivity (Wildman–Crippen MR) is 134 cm³/mol. The number of benzene rings is 2. The fourth-order valence-corrected chi connectivity index (χ4v) is 5.85. The molecule has 1 amide bonds. The summed E-state index contributed by atoms with van der Waals surface area (Å²) >= 11 is 0. The van der Waals surface area contributed by atoms with E-state index in [1.54, 1.807) is 27.7 Å². The Morgan fingerprint density at radius 1 is 1.11 bits per heavy atom. The van der Waals surface area contributed by atoms with Gasteiger partial charge < -0.3 is 19.3 Å². The van der Waals surface area contributed by atoms with E-state index in [-0.39, 0.29) is 11.5 Å². The van der Waals surface area contributed by atoms with E-state index in [1.807, 2.05) is 12.1 Å². The lowest BCUT2D eigenvalue weighted by Gasteiger charge is -2.31. The molecule has 7 nitrogen and oxygen atoms in total. The molecule has 196 valence electrons. The maximum atomic E-state index is 15.9. The maximum Gasteiger partial charge on any atom is 0.409 e. The van der Waals surface area contributed by atoms with E-state index in [4.69, 9.17) is 9.72 Å². The number of methoxy groups -OCH3 is 1. The van der Waals surface area contributed by atoms with Crippen LogP contribution in [0, 0.1) is 5.92 Å². The van der Waals surface area contributed by atoms with E-state index in [1.165, 1.54) is 26.2 Å². The third-order valence-corrected chi connectivity index (χ3v) is 8.04. The van der Waals surface area contributed by atoms with Crippen molar-refractivity contribution in [2.45, 2.75) is 63.5 Å². The first-order chi connectivity index (χ1) is 17.7. The van der Waals surface area contributed by atoms with Crippen molar-refractivity contribution in [3.8, 4) is 0 Å². The van der Waals surface area contributed by atoms with Gasteiger partial charge in [-0.25, -0.2) is 9.78 Å². The quantitative estimate of drug-likeness (QED) is 0.463. The summed E-state index contributed by atoms with van der Waals surface area (Å²) in [5, 5.41) is 9.44. The molecule has 0 saturated heterocycles. The number of imidazole rings is 1.